The number of ether oxygens (including phenoxy) is 1. The molecule has 0 atom stereocenters. The molecule has 4 heteroatoms. The van der Waals surface area contributed by atoms with E-state index >= 15 is 0 Å². The maximum atomic E-state index is 12.3. The third kappa shape index (κ3) is 2.57. The summed E-state index contributed by atoms with van der Waals surface area (Å²) in [6.07, 6.45) is 2.64. The Morgan fingerprint density at radius 2 is 2.06 bits per heavy atom. The summed E-state index contributed by atoms with van der Waals surface area (Å²) in [6, 6.07) is 0. The van der Waals surface area contributed by atoms with Crippen LogP contribution in [0, 0.1) is 19.8 Å². The molecule has 94 valence electrons. The van der Waals surface area contributed by atoms with Crippen molar-refractivity contribution < 1.29 is 9.53 Å². The first-order valence-electron chi connectivity index (χ1n) is 6.20. The van der Waals surface area contributed by atoms with Crippen LogP contribution < -0.4 is 0 Å². The molecule has 1 aliphatic heterocycles. The van der Waals surface area contributed by atoms with E-state index in [4.69, 9.17) is 4.74 Å². The zero-order valence-electron chi connectivity index (χ0n) is 10.8. The first kappa shape index (κ1) is 12.3. The lowest BCUT2D eigenvalue weighted by Crippen LogP contribution is -2.19. The second-order valence-electron chi connectivity index (χ2n) is 4.85. The average Bonchev–Trinajstić information content (AvgIpc) is 2.54. The van der Waals surface area contributed by atoms with Gasteiger partial charge < -0.3 is 4.74 Å². The fourth-order valence-corrected chi connectivity index (χ4v) is 2.49. The number of carbonyl (C=O) groups excluding carboxylic acids is 1. The number of hydrogen-bond donors (Lipinski definition) is 0. The molecular weight excluding hydrogens is 216 g/mol. The molecule has 2 heterocycles. The van der Waals surface area contributed by atoms with Crippen molar-refractivity contribution in [1.29, 1.82) is 0 Å². The van der Waals surface area contributed by atoms with Gasteiger partial charge in [-0.2, -0.15) is 5.10 Å². The smallest absolute Gasteiger partial charge is 0.166 e. The molecule has 4 nitrogen and oxygen atoms in total. The number of hydrogen-bond acceptors (Lipinski definition) is 3. The molecule has 0 N–H and O–H groups in total. The summed E-state index contributed by atoms with van der Waals surface area (Å²) >= 11 is 0. The summed E-state index contributed by atoms with van der Waals surface area (Å²) in [5, 5.41) is 4.30. The Morgan fingerprint density at radius 3 is 2.59 bits per heavy atom. The molecule has 17 heavy (non-hydrogen) atoms. The van der Waals surface area contributed by atoms with E-state index in [0.717, 1.165) is 43.0 Å². The van der Waals surface area contributed by atoms with Gasteiger partial charge in [0.05, 0.1) is 11.3 Å². The number of Topliss-reactive ketones (excluding diaryl/α,β-unsaturated/α-hetero) is 1. The summed E-state index contributed by atoms with van der Waals surface area (Å²) < 4.78 is 7.10. The molecule has 0 aliphatic carbocycles. The molecule has 0 bridgehead atoms. The van der Waals surface area contributed by atoms with Crippen molar-refractivity contribution in [2.75, 3.05) is 13.2 Å². The van der Waals surface area contributed by atoms with E-state index in [2.05, 4.69) is 5.10 Å². The number of aromatic nitrogens is 2. The Kier molecular flexibility index (Phi) is 3.62. The fourth-order valence-electron chi connectivity index (χ4n) is 2.49. The van der Waals surface area contributed by atoms with E-state index < -0.39 is 0 Å². The average molecular weight is 236 g/mol. The summed E-state index contributed by atoms with van der Waals surface area (Å²) in [5.41, 5.74) is 2.64. The largest absolute Gasteiger partial charge is 0.381 e. The normalized spacial score (nSPS) is 17.4. The van der Waals surface area contributed by atoms with Crippen LogP contribution in [0.4, 0.5) is 0 Å². The molecule has 1 aromatic heterocycles. The second kappa shape index (κ2) is 5.00. The highest BCUT2D eigenvalue weighted by atomic mass is 16.5. The summed E-state index contributed by atoms with van der Waals surface area (Å²) in [5.74, 6) is 0.718. The minimum atomic E-state index is 0.236. The lowest BCUT2D eigenvalue weighted by molar-refractivity contribution is 0.0600. The number of aryl methyl sites for hydroxylation is 2. The van der Waals surface area contributed by atoms with Crippen molar-refractivity contribution in [3.8, 4) is 0 Å². The van der Waals surface area contributed by atoms with Gasteiger partial charge in [0.2, 0.25) is 0 Å². The van der Waals surface area contributed by atoms with Gasteiger partial charge >= 0.3 is 0 Å². The molecular formula is C13H20N2O2. The zero-order valence-corrected chi connectivity index (χ0v) is 10.8. The Labute approximate surface area is 102 Å². The minimum Gasteiger partial charge on any atom is -0.381 e. The van der Waals surface area contributed by atoms with Crippen molar-refractivity contribution in [2.24, 2.45) is 13.0 Å². The van der Waals surface area contributed by atoms with Gasteiger partial charge in [0, 0.05) is 32.4 Å². The molecule has 0 spiro atoms. The second-order valence-corrected chi connectivity index (χ2v) is 4.85. The molecule has 0 radical (unpaired) electrons. The maximum absolute atomic E-state index is 12.3. The molecule has 1 aromatic rings. The van der Waals surface area contributed by atoms with Gasteiger partial charge in [-0.05, 0) is 32.6 Å². The highest BCUT2D eigenvalue weighted by Crippen LogP contribution is 2.23. The maximum Gasteiger partial charge on any atom is 0.166 e. The first-order valence-corrected chi connectivity index (χ1v) is 6.20. The number of nitrogens with zero attached hydrogens (tertiary/aromatic N) is 2. The van der Waals surface area contributed by atoms with Crippen LogP contribution in [0.2, 0.25) is 0 Å². The van der Waals surface area contributed by atoms with Crippen LogP contribution in [-0.4, -0.2) is 28.8 Å². The summed E-state index contributed by atoms with van der Waals surface area (Å²) in [4.78, 5) is 12.3. The van der Waals surface area contributed by atoms with Crippen LogP contribution in [0.1, 0.15) is 41.0 Å². The Bertz CT molecular complexity index is 417. The van der Waals surface area contributed by atoms with Gasteiger partial charge in [0.1, 0.15) is 0 Å². The monoisotopic (exact) mass is 236 g/mol. The molecule has 0 aromatic carbocycles. The van der Waals surface area contributed by atoms with Crippen LogP contribution in [0.25, 0.3) is 0 Å². The van der Waals surface area contributed by atoms with Crippen molar-refractivity contribution in [1.82, 2.24) is 9.78 Å². The fraction of sp³-hybridized carbons (Fsp3) is 0.692. The Hall–Kier alpha value is -1.16. The van der Waals surface area contributed by atoms with Crippen molar-refractivity contribution in [2.45, 2.75) is 33.1 Å². The van der Waals surface area contributed by atoms with E-state index in [1.165, 1.54) is 0 Å². The predicted octanol–water partition coefficient (Wildman–Crippen LogP) is 2.04. The van der Waals surface area contributed by atoms with E-state index in [1.807, 2.05) is 20.9 Å². The van der Waals surface area contributed by atoms with Crippen LogP contribution in [-0.2, 0) is 11.8 Å². The molecule has 0 saturated carbocycles. The number of rotatable bonds is 3. The highest BCUT2D eigenvalue weighted by Gasteiger charge is 2.22. The molecule has 1 aliphatic rings. The van der Waals surface area contributed by atoms with Crippen LogP contribution in [0.3, 0.4) is 0 Å². The summed E-state index contributed by atoms with van der Waals surface area (Å²) in [6.45, 7) is 5.45. The molecule has 0 amide bonds. The van der Waals surface area contributed by atoms with Gasteiger partial charge in [-0.25, -0.2) is 0 Å². The highest BCUT2D eigenvalue weighted by molar-refractivity contribution is 5.98. The third-order valence-corrected chi connectivity index (χ3v) is 3.60. The van der Waals surface area contributed by atoms with E-state index in [9.17, 15) is 4.79 Å². The van der Waals surface area contributed by atoms with E-state index in [1.54, 1.807) is 4.68 Å². The first-order chi connectivity index (χ1) is 8.09. The third-order valence-electron chi connectivity index (χ3n) is 3.60. The molecule has 1 saturated heterocycles. The lowest BCUT2D eigenvalue weighted by atomic mass is 9.91. The quantitative estimate of drug-likeness (QED) is 0.754. The van der Waals surface area contributed by atoms with Gasteiger partial charge in [-0.3, -0.25) is 9.48 Å². The van der Waals surface area contributed by atoms with E-state index in [-0.39, 0.29) is 5.78 Å². The van der Waals surface area contributed by atoms with Gasteiger partial charge in [-0.15, -0.1) is 0 Å². The van der Waals surface area contributed by atoms with Crippen LogP contribution in [0.15, 0.2) is 0 Å². The minimum absolute atomic E-state index is 0.236. The number of carbonyl (C=O) groups is 1. The molecule has 2 rings (SSSR count). The number of ketones is 1. The lowest BCUT2D eigenvalue weighted by Gasteiger charge is -2.21. The topological polar surface area (TPSA) is 44.1 Å². The standard InChI is InChI=1S/C13H20N2O2/c1-9-13(10(2)15(3)14-9)12(16)8-11-4-6-17-7-5-11/h11H,4-8H2,1-3H3. The van der Waals surface area contributed by atoms with Crippen LogP contribution >= 0.6 is 0 Å². The zero-order chi connectivity index (χ0) is 12.4. The van der Waals surface area contributed by atoms with Gasteiger partial charge in [0.15, 0.2) is 5.78 Å². The predicted molar refractivity (Wildman–Crippen MR) is 65.2 cm³/mol. The molecule has 0 unspecified atom stereocenters. The van der Waals surface area contributed by atoms with Crippen molar-refractivity contribution in [3.63, 3.8) is 0 Å². The Balaban J connectivity index is 2.08. The van der Waals surface area contributed by atoms with Crippen LogP contribution in [0.5, 0.6) is 0 Å². The molecule has 1 fully saturated rings. The SMILES string of the molecule is Cc1nn(C)c(C)c1C(=O)CC1CCOCC1. The van der Waals surface area contributed by atoms with E-state index in [0.29, 0.717) is 12.3 Å². The summed E-state index contributed by atoms with van der Waals surface area (Å²) in [7, 11) is 1.88. The van der Waals surface area contributed by atoms with Gasteiger partial charge in [0.25, 0.3) is 0 Å². The Morgan fingerprint density at radius 1 is 1.41 bits per heavy atom. The van der Waals surface area contributed by atoms with Crippen molar-refractivity contribution >= 4 is 5.78 Å². The van der Waals surface area contributed by atoms with Crippen molar-refractivity contribution in [3.05, 3.63) is 17.0 Å². The van der Waals surface area contributed by atoms with Gasteiger partial charge in [-0.1, -0.05) is 0 Å².